The molecule has 0 aromatic rings. The van der Waals surface area contributed by atoms with E-state index >= 15 is 0 Å². The lowest BCUT2D eigenvalue weighted by Crippen LogP contribution is -2.42. The van der Waals surface area contributed by atoms with Crippen LogP contribution in [0.1, 0.15) is 40.0 Å². The van der Waals surface area contributed by atoms with Gasteiger partial charge in [-0.3, -0.25) is 14.5 Å². The van der Waals surface area contributed by atoms with Gasteiger partial charge in [-0.25, -0.2) is 0 Å². The predicted molar refractivity (Wildman–Crippen MR) is 69.6 cm³/mol. The molecule has 0 bridgehead atoms. The normalized spacial score (nSPS) is 32.2. The van der Waals surface area contributed by atoms with Crippen molar-refractivity contribution in [2.45, 2.75) is 40.0 Å². The van der Waals surface area contributed by atoms with E-state index < -0.39 is 0 Å². The molecule has 2 atom stereocenters. The maximum Gasteiger partial charge on any atom is 0.233 e. The van der Waals surface area contributed by atoms with E-state index in [2.05, 4.69) is 6.92 Å². The van der Waals surface area contributed by atoms with Crippen LogP contribution < -0.4 is 5.73 Å². The Hall–Kier alpha value is -0.900. The second-order valence-corrected chi connectivity index (χ2v) is 6.59. The number of imide groups is 1. The number of carbonyl (C=O) groups excluding carboxylic acids is 2. The number of hydrogen-bond acceptors (Lipinski definition) is 3. The van der Waals surface area contributed by atoms with Gasteiger partial charge in [-0.05, 0) is 30.7 Å². The Morgan fingerprint density at radius 1 is 1.22 bits per heavy atom. The first-order valence-electron chi connectivity index (χ1n) is 6.95. The zero-order chi connectivity index (χ0) is 13.5. The summed E-state index contributed by atoms with van der Waals surface area (Å²) in [6.45, 7) is 7.07. The van der Waals surface area contributed by atoms with Crippen molar-refractivity contribution < 1.29 is 9.59 Å². The lowest BCUT2D eigenvalue weighted by atomic mass is 9.93. The highest BCUT2D eigenvalue weighted by molar-refractivity contribution is 6.05. The molecule has 1 aliphatic heterocycles. The summed E-state index contributed by atoms with van der Waals surface area (Å²) in [5, 5.41) is 0. The average molecular weight is 252 g/mol. The molecular weight excluding hydrogens is 228 g/mol. The second kappa shape index (κ2) is 4.65. The van der Waals surface area contributed by atoms with Crippen LogP contribution >= 0.6 is 0 Å². The summed E-state index contributed by atoms with van der Waals surface area (Å²) in [5.41, 5.74) is 5.50. The van der Waals surface area contributed by atoms with Crippen LogP contribution in [0.3, 0.4) is 0 Å². The summed E-state index contributed by atoms with van der Waals surface area (Å²) in [4.78, 5) is 26.1. The summed E-state index contributed by atoms with van der Waals surface area (Å²) < 4.78 is 0. The summed E-state index contributed by atoms with van der Waals surface area (Å²) >= 11 is 0. The maximum absolute atomic E-state index is 12.3. The monoisotopic (exact) mass is 252 g/mol. The summed E-state index contributed by atoms with van der Waals surface area (Å²) in [7, 11) is 0. The fourth-order valence-corrected chi connectivity index (χ4v) is 3.18. The van der Waals surface area contributed by atoms with Crippen molar-refractivity contribution in [2.75, 3.05) is 13.1 Å². The SMILES string of the molecule is CCC1CC2C(=O)N(CC(C)(C)CN)C(=O)C2C1. The largest absolute Gasteiger partial charge is 0.330 e. The topological polar surface area (TPSA) is 63.4 Å². The standard InChI is InChI=1S/C14H24N2O2/c1-4-9-5-10-11(6-9)13(18)16(12(10)17)8-14(2,3)7-15/h9-11H,4-8,15H2,1-3H3. The minimum atomic E-state index is -0.186. The van der Waals surface area contributed by atoms with Gasteiger partial charge in [0.05, 0.1) is 11.8 Å². The molecule has 2 aliphatic rings. The van der Waals surface area contributed by atoms with Crippen LogP contribution in [0.5, 0.6) is 0 Å². The number of nitrogens with zero attached hydrogens (tertiary/aromatic N) is 1. The number of carbonyl (C=O) groups is 2. The van der Waals surface area contributed by atoms with Crippen molar-refractivity contribution in [3.05, 3.63) is 0 Å². The van der Waals surface area contributed by atoms with Crippen molar-refractivity contribution in [1.82, 2.24) is 4.90 Å². The van der Waals surface area contributed by atoms with Gasteiger partial charge in [0.2, 0.25) is 11.8 Å². The van der Waals surface area contributed by atoms with E-state index in [1.807, 2.05) is 13.8 Å². The van der Waals surface area contributed by atoms with Gasteiger partial charge in [-0.1, -0.05) is 27.2 Å². The molecule has 0 aromatic carbocycles. The molecule has 2 unspecified atom stereocenters. The molecule has 4 nitrogen and oxygen atoms in total. The fraction of sp³-hybridized carbons (Fsp3) is 0.857. The Kier molecular flexibility index (Phi) is 3.49. The molecule has 1 heterocycles. The number of hydrogen-bond donors (Lipinski definition) is 1. The molecule has 1 saturated carbocycles. The summed E-state index contributed by atoms with van der Waals surface area (Å²) in [6, 6.07) is 0. The van der Waals surface area contributed by atoms with Gasteiger partial charge in [0.15, 0.2) is 0 Å². The zero-order valence-corrected chi connectivity index (χ0v) is 11.6. The van der Waals surface area contributed by atoms with Crippen molar-refractivity contribution in [3.8, 4) is 0 Å². The highest BCUT2D eigenvalue weighted by Crippen LogP contribution is 2.44. The summed E-state index contributed by atoms with van der Waals surface area (Å²) in [5.74, 6) is 0.551. The van der Waals surface area contributed by atoms with E-state index in [0.29, 0.717) is 19.0 Å². The Morgan fingerprint density at radius 2 is 1.72 bits per heavy atom. The molecule has 1 aliphatic carbocycles. The molecule has 18 heavy (non-hydrogen) atoms. The van der Waals surface area contributed by atoms with Gasteiger partial charge >= 0.3 is 0 Å². The van der Waals surface area contributed by atoms with E-state index in [9.17, 15) is 9.59 Å². The van der Waals surface area contributed by atoms with Crippen LogP contribution in [0, 0.1) is 23.2 Å². The Bertz CT molecular complexity index is 341. The minimum Gasteiger partial charge on any atom is -0.330 e. The van der Waals surface area contributed by atoms with Crippen molar-refractivity contribution in [1.29, 1.82) is 0 Å². The zero-order valence-electron chi connectivity index (χ0n) is 11.6. The van der Waals surface area contributed by atoms with Gasteiger partial charge in [0.1, 0.15) is 0 Å². The third-order valence-corrected chi connectivity index (χ3v) is 4.54. The van der Waals surface area contributed by atoms with Crippen molar-refractivity contribution in [2.24, 2.45) is 28.9 Å². The molecule has 0 radical (unpaired) electrons. The number of fused-ring (bicyclic) bond motifs is 1. The Morgan fingerprint density at radius 3 is 2.11 bits per heavy atom. The first-order chi connectivity index (χ1) is 8.39. The lowest BCUT2D eigenvalue weighted by molar-refractivity contribution is -0.142. The number of nitrogens with two attached hydrogens (primary N) is 1. The third-order valence-electron chi connectivity index (χ3n) is 4.54. The maximum atomic E-state index is 12.3. The molecule has 102 valence electrons. The third kappa shape index (κ3) is 2.18. The van der Waals surface area contributed by atoms with Gasteiger partial charge in [0.25, 0.3) is 0 Å². The van der Waals surface area contributed by atoms with Crippen molar-refractivity contribution >= 4 is 11.8 Å². The van der Waals surface area contributed by atoms with Crippen LogP contribution in [-0.4, -0.2) is 29.8 Å². The number of rotatable bonds is 4. The molecule has 4 heteroatoms. The minimum absolute atomic E-state index is 0.0440. The van der Waals surface area contributed by atoms with Crippen LogP contribution in [0.2, 0.25) is 0 Å². The van der Waals surface area contributed by atoms with Crippen LogP contribution in [0.4, 0.5) is 0 Å². The predicted octanol–water partition coefficient (Wildman–Crippen LogP) is 1.39. The van der Waals surface area contributed by atoms with Gasteiger partial charge < -0.3 is 5.73 Å². The molecule has 2 amide bonds. The molecule has 2 rings (SSSR count). The van der Waals surface area contributed by atoms with E-state index in [1.54, 1.807) is 0 Å². The second-order valence-electron chi connectivity index (χ2n) is 6.59. The van der Waals surface area contributed by atoms with E-state index in [4.69, 9.17) is 5.73 Å². The number of likely N-dealkylation sites (tertiary alicyclic amines) is 1. The van der Waals surface area contributed by atoms with Crippen LogP contribution in [0.15, 0.2) is 0 Å². The molecular formula is C14H24N2O2. The van der Waals surface area contributed by atoms with Crippen LogP contribution in [-0.2, 0) is 9.59 Å². The molecule has 1 saturated heterocycles. The highest BCUT2D eigenvalue weighted by atomic mass is 16.2. The molecule has 2 fully saturated rings. The van der Waals surface area contributed by atoms with E-state index in [-0.39, 0.29) is 29.1 Å². The smallest absolute Gasteiger partial charge is 0.233 e. The van der Waals surface area contributed by atoms with Gasteiger partial charge in [-0.2, -0.15) is 0 Å². The number of amides is 2. The molecule has 0 spiro atoms. The van der Waals surface area contributed by atoms with Crippen LogP contribution in [0.25, 0.3) is 0 Å². The average Bonchev–Trinajstić information content (AvgIpc) is 2.85. The first kappa shape index (κ1) is 13.5. The summed E-state index contributed by atoms with van der Waals surface area (Å²) in [6.07, 6.45) is 2.86. The lowest BCUT2D eigenvalue weighted by Gasteiger charge is -2.28. The van der Waals surface area contributed by atoms with Gasteiger partial charge in [0, 0.05) is 6.54 Å². The van der Waals surface area contributed by atoms with E-state index in [1.165, 1.54) is 4.90 Å². The Labute approximate surface area is 109 Å². The quantitative estimate of drug-likeness (QED) is 0.769. The van der Waals surface area contributed by atoms with Crippen molar-refractivity contribution in [3.63, 3.8) is 0 Å². The first-order valence-corrected chi connectivity index (χ1v) is 6.95. The van der Waals surface area contributed by atoms with Gasteiger partial charge in [-0.15, -0.1) is 0 Å². The fourth-order valence-electron chi connectivity index (χ4n) is 3.18. The van der Waals surface area contributed by atoms with E-state index in [0.717, 1.165) is 19.3 Å². The molecule has 0 aromatic heterocycles. The Balaban J connectivity index is 2.10. The molecule has 2 N–H and O–H groups in total. The highest BCUT2D eigenvalue weighted by Gasteiger charge is 2.52.